The number of guanidine groups is 1. The van der Waals surface area contributed by atoms with Crippen LogP contribution >= 0.6 is 46.9 Å². The van der Waals surface area contributed by atoms with Crippen LogP contribution in [0.25, 0.3) is 0 Å². The number of nitrogens with one attached hydrogen (secondary N) is 2. The third kappa shape index (κ3) is 8.29. The van der Waals surface area contributed by atoms with E-state index in [-0.39, 0.29) is 24.0 Å². The smallest absolute Gasteiger partial charge is 0.191 e. The number of likely N-dealkylation sites (tertiary alicyclic amines) is 1. The van der Waals surface area contributed by atoms with Crippen molar-refractivity contribution in [1.29, 1.82) is 0 Å². The first-order chi connectivity index (χ1) is 12.1. The lowest BCUT2D eigenvalue weighted by Gasteiger charge is -2.32. The predicted molar refractivity (Wildman–Crippen MR) is 123 cm³/mol. The van der Waals surface area contributed by atoms with Crippen LogP contribution in [0.2, 0.25) is 4.34 Å². The van der Waals surface area contributed by atoms with Crippen molar-refractivity contribution in [3.63, 3.8) is 0 Å². The van der Waals surface area contributed by atoms with Crippen LogP contribution in [0.5, 0.6) is 0 Å². The molecular weight excluding hydrogens is 483 g/mol. The lowest BCUT2D eigenvalue weighted by atomic mass is 9.97. The summed E-state index contributed by atoms with van der Waals surface area (Å²) in [6.07, 6.45) is 3.11. The molecule has 1 aliphatic heterocycles. The van der Waals surface area contributed by atoms with Crippen molar-refractivity contribution in [2.24, 2.45) is 10.9 Å². The molecule has 1 unspecified atom stereocenters. The molecule has 8 heteroatoms. The number of aliphatic hydroxyl groups excluding tert-OH is 1. The Kier molecular flexibility index (Phi) is 12.1. The fraction of sp³-hybridized carbons (Fsp3) is 0.722. The molecule has 150 valence electrons. The quantitative estimate of drug-likeness (QED) is 0.281. The standard InChI is InChI=1S/C18H31ClN4OS.HI/c1-3-9-23-10-7-14(8-11-23)12-21-18(20-4-2)22-13-15(24)16-5-6-17(19)25-16;/h5-6,14-15,24H,3-4,7-13H2,1-2H3,(H2,20,21,22);1H. The third-order valence-electron chi connectivity index (χ3n) is 4.49. The van der Waals surface area contributed by atoms with Crippen LogP contribution < -0.4 is 10.6 Å². The first-order valence-corrected chi connectivity index (χ1v) is 10.5. The van der Waals surface area contributed by atoms with Gasteiger partial charge in [-0.25, -0.2) is 0 Å². The van der Waals surface area contributed by atoms with Gasteiger partial charge in [0.25, 0.3) is 0 Å². The van der Waals surface area contributed by atoms with E-state index in [4.69, 9.17) is 11.6 Å². The largest absolute Gasteiger partial charge is 0.386 e. The van der Waals surface area contributed by atoms with Crippen molar-refractivity contribution in [2.45, 2.75) is 39.2 Å². The molecular formula is C18H32ClIN4OS. The predicted octanol–water partition coefficient (Wildman–Crippen LogP) is 3.73. The van der Waals surface area contributed by atoms with E-state index in [1.165, 1.54) is 50.2 Å². The second-order valence-corrected chi connectivity index (χ2v) is 8.29. The summed E-state index contributed by atoms with van der Waals surface area (Å²) in [5.41, 5.74) is 0. The molecule has 1 aromatic heterocycles. The van der Waals surface area contributed by atoms with Crippen molar-refractivity contribution in [2.75, 3.05) is 39.3 Å². The number of aliphatic hydroxyl groups is 1. The van der Waals surface area contributed by atoms with E-state index in [1.54, 1.807) is 0 Å². The Hall–Kier alpha value is -0.0900. The number of thiophene rings is 1. The molecule has 2 rings (SSSR count). The lowest BCUT2D eigenvalue weighted by molar-refractivity contribution is 0.185. The summed E-state index contributed by atoms with van der Waals surface area (Å²) >= 11 is 7.33. The Bertz CT molecular complexity index is 535. The van der Waals surface area contributed by atoms with Crippen LogP contribution in [0, 0.1) is 5.92 Å². The zero-order valence-corrected chi connectivity index (χ0v) is 19.6. The summed E-state index contributed by atoms with van der Waals surface area (Å²) in [5, 5.41) is 16.9. The van der Waals surface area contributed by atoms with Crippen molar-refractivity contribution in [3.8, 4) is 0 Å². The molecule has 0 radical (unpaired) electrons. The number of rotatable bonds is 8. The van der Waals surface area contributed by atoms with Gasteiger partial charge in [0.05, 0.1) is 10.9 Å². The first kappa shape index (κ1) is 23.9. The Morgan fingerprint density at radius 2 is 2.08 bits per heavy atom. The van der Waals surface area contributed by atoms with E-state index in [0.29, 0.717) is 16.8 Å². The number of halogens is 2. The monoisotopic (exact) mass is 514 g/mol. The van der Waals surface area contributed by atoms with Gasteiger partial charge in [-0.15, -0.1) is 35.3 Å². The zero-order valence-electron chi connectivity index (χ0n) is 15.7. The van der Waals surface area contributed by atoms with Crippen molar-refractivity contribution < 1.29 is 5.11 Å². The maximum atomic E-state index is 10.2. The molecule has 0 amide bonds. The van der Waals surface area contributed by atoms with Crippen molar-refractivity contribution in [1.82, 2.24) is 15.5 Å². The van der Waals surface area contributed by atoms with Crippen molar-refractivity contribution >= 4 is 52.9 Å². The van der Waals surface area contributed by atoms with Crippen LogP contribution in [0.4, 0.5) is 0 Å². The Morgan fingerprint density at radius 1 is 1.35 bits per heavy atom. The number of aliphatic imine (C=N–C) groups is 1. The zero-order chi connectivity index (χ0) is 18.1. The van der Waals surface area contributed by atoms with E-state index >= 15 is 0 Å². The number of nitrogens with zero attached hydrogens (tertiary/aromatic N) is 2. The number of piperidine rings is 1. The summed E-state index contributed by atoms with van der Waals surface area (Å²) in [4.78, 5) is 7.93. The summed E-state index contributed by atoms with van der Waals surface area (Å²) < 4.78 is 0.692. The summed E-state index contributed by atoms with van der Waals surface area (Å²) in [6.45, 7) is 9.99. The maximum absolute atomic E-state index is 10.2. The number of hydrogen-bond acceptors (Lipinski definition) is 4. The molecule has 3 N–H and O–H groups in total. The van der Waals surface area contributed by atoms with Crippen LogP contribution in [-0.4, -0.2) is 55.2 Å². The second kappa shape index (κ2) is 13.1. The molecule has 0 saturated carbocycles. The highest BCUT2D eigenvalue weighted by atomic mass is 127. The van der Waals surface area contributed by atoms with Crippen LogP contribution in [-0.2, 0) is 0 Å². The second-order valence-electron chi connectivity index (χ2n) is 6.54. The molecule has 1 fully saturated rings. The average molecular weight is 515 g/mol. The highest BCUT2D eigenvalue weighted by Crippen LogP contribution is 2.26. The van der Waals surface area contributed by atoms with E-state index in [9.17, 15) is 5.11 Å². The fourth-order valence-electron chi connectivity index (χ4n) is 3.09. The van der Waals surface area contributed by atoms with E-state index in [1.807, 2.05) is 12.1 Å². The minimum atomic E-state index is -0.606. The van der Waals surface area contributed by atoms with Gasteiger partial charge < -0.3 is 20.6 Å². The summed E-state index contributed by atoms with van der Waals surface area (Å²) in [7, 11) is 0. The molecule has 0 bridgehead atoms. The molecule has 1 saturated heterocycles. The number of hydrogen-bond donors (Lipinski definition) is 3. The van der Waals surface area contributed by atoms with Gasteiger partial charge in [0.1, 0.15) is 6.10 Å². The Morgan fingerprint density at radius 3 is 2.65 bits per heavy atom. The van der Waals surface area contributed by atoms with E-state index in [2.05, 4.69) is 34.4 Å². The van der Waals surface area contributed by atoms with Gasteiger partial charge >= 0.3 is 0 Å². The topological polar surface area (TPSA) is 59.9 Å². The summed E-state index contributed by atoms with van der Waals surface area (Å²) in [6, 6.07) is 3.67. The molecule has 0 aromatic carbocycles. The molecule has 26 heavy (non-hydrogen) atoms. The SMILES string of the molecule is CCCN1CCC(CNC(=NCC(O)c2ccc(Cl)s2)NCC)CC1.I. The Labute approximate surface area is 183 Å². The molecule has 1 aliphatic rings. The molecule has 5 nitrogen and oxygen atoms in total. The van der Waals surface area contributed by atoms with Crippen molar-refractivity contribution in [3.05, 3.63) is 21.3 Å². The van der Waals surface area contributed by atoms with E-state index in [0.717, 1.165) is 23.9 Å². The van der Waals surface area contributed by atoms with E-state index < -0.39 is 6.10 Å². The van der Waals surface area contributed by atoms with Gasteiger partial charge in [-0.1, -0.05) is 18.5 Å². The van der Waals surface area contributed by atoms with Gasteiger partial charge in [0.15, 0.2) is 5.96 Å². The molecule has 1 aromatic rings. The van der Waals surface area contributed by atoms with Crippen LogP contribution in [0.3, 0.4) is 0 Å². The summed E-state index contributed by atoms with van der Waals surface area (Å²) in [5.74, 6) is 1.47. The van der Waals surface area contributed by atoms with Crippen LogP contribution in [0.1, 0.15) is 44.1 Å². The van der Waals surface area contributed by atoms with Gasteiger partial charge in [0.2, 0.25) is 0 Å². The minimum absolute atomic E-state index is 0. The normalized spacial score (nSPS) is 17.6. The molecule has 1 atom stereocenters. The average Bonchev–Trinajstić information content (AvgIpc) is 3.05. The third-order valence-corrected chi connectivity index (χ3v) is 5.83. The minimum Gasteiger partial charge on any atom is -0.386 e. The van der Waals surface area contributed by atoms with Gasteiger partial charge in [-0.3, -0.25) is 4.99 Å². The Balaban J connectivity index is 0.00000338. The molecule has 0 spiro atoms. The lowest BCUT2D eigenvalue weighted by Crippen LogP contribution is -2.43. The fourth-order valence-corrected chi connectivity index (χ4v) is 4.13. The van der Waals surface area contributed by atoms with Gasteiger partial charge in [0, 0.05) is 18.0 Å². The van der Waals surface area contributed by atoms with Gasteiger partial charge in [-0.05, 0) is 63.9 Å². The highest BCUT2D eigenvalue weighted by Gasteiger charge is 2.18. The van der Waals surface area contributed by atoms with Gasteiger partial charge in [-0.2, -0.15) is 0 Å². The highest BCUT2D eigenvalue weighted by molar-refractivity contribution is 14.0. The molecule has 2 heterocycles. The maximum Gasteiger partial charge on any atom is 0.191 e. The van der Waals surface area contributed by atoms with Crippen LogP contribution in [0.15, 0.2) is 17.1 Å². The molecule has 0 aliphatic carbocycles. The first-order valence-electron chi connectivity index (χ1n) is 9.30.